The van der Waals surface area contributed by atoms with Gasteiger partial charge in [-0.25, -0.2) is 14.4 Å². The van der Waals surface area contributed by atoms with Crippen LogP contribution in [0.2, 0.25) is 0 Å². The first-order valence-corrected chi connectivity index (χ1v) is 9.57. The van der Waals surface area contributed by atoms with E-state index in [0.29, 0.717) is 23.8 Å². The summed E-state index contributed by atoms with van der Waals surface area (Å²) in [5.74, 6) is -2.19. The molecule has 30 heavy (non-hydrogen) atoms. The number of urea groups is 1. The highest BCUT2D eigenvalue weighted by Gasteiger charge is 2.52. The number of nitrogens with zero attached hydrogens (tertiary/aromatic N) is 1. The van der Waals surface area contributed by atoms with Gasteiger partial charge in [-0.3, -0.25) is 15.0 Å². The van der Waals surface area contributed by atoms with Crippen LogP contribution in [-0.4, -0.2) is 54.0 Å². The molecule has 1 heterocycles. The summed E-state index contributed by atoms with van der Waals surface area (Å²) in [6.07, 6.45) is 2.64. The predicted molar refractivity (Wildman–Crippen MR) is 102 cm³/mol. The number of nitrogens with one attached hydrogen (secondary N) is 2. The molecular formula is C20H23N3O7. The number of methoxy groups -OCH3 is 1. The molecule has 10 heteroatoms. The molecule has 2 fully saturated rings. The number of benzene rings is 1. The highest BCUT2D eigenvalue weighted by molar-refractivity contribution is 6.08. The lowest BCUT2D eigenvalue weighted by Crippen LogP contribution is -2.52. The Balaban J connectivity index is 1.53. The number of carbonyl (C=O) groups excluding carboxylic acids is 5. The van der Waals surface area contributed by atoms with Gasteiger partial charge in [-0.05, 0) is 55.9 Å². The quantitative estimate of drug-likeness (QED) is 0.543. The Hall–Kier alpha value is -3.43. The van der Waals surface area contributed by atoms with Gasteiger partial charge in [-0.1, -0.05) is 6.92 Å². The van der Waals surface area contributed by atoms with Crippen molar-refractivity contribution in [2.24, 2.45) is 5.92 Å². The molecule has 4 amide bonds. The van der Waals surface area contributed by atoms with E-state index in [2.05, 4.69) is 22.4 Å². The molecule has 2 aliphatic rings. The Morgan fingerprint density at radius 1 is 1.10 bits per heavy atom. The molecule has 1 aliphatic heterocycles. The first-order valence-electron chi connectivity index (χ1n) is 9.57. The van der Waals surface area contributed by atoms with Crippen molar-refractivity contribution in [3.8, 4) is 0 Å². The van der Waals surface area contributed by atoms with Gasteiger partial charge >= 0.3 is 18.0 Å². The fraction of sp³-hybridized carbons (Fsp3) is 0.450. The van der Waals surface area contributed by atoms with Crippen LogP contribution in [0.15, 0.2) is 24.3 Å². The first-order chi connectivity index (χ1) is 14.3. The van der Waals surface area contributed by atoms with Crippen LogP contribution in [0.4, 0.5) is 4.79 Å². The number of ether oxygens (including phenoxy) is 2. The number of rotatable bonds is 5. The second-order valence-corrected chi connectivity index (χ2v) is 7.52. The largest absolute Gasteiger partial charge is 0.465 e. The van der Waals surface area contributed by atoms with E-state index in [0.717, 1.165) is 12.8 Å². The van der Waals surface area contributed by atoms with Gasteiger partial charge in [-0.2, -0.15) is 5.01 Å². The number of hydrogen-bond acceptors (Lipinski definition) is 7. The second kappa shape index (κ2) is 8.52. The second-order valence-electron chi connectivity index (χ2n) is 7.52. The molecule has 10 nitrogen and oxygen atoms in total. The van der Waals surface area contributed by atoms with Crippen LogP contribution < -0.4 is 10.7 Å². The molecule has 1 aromatic rings. The zero-order valence-corrected chi connectivity index (χ0v) is 16.7. The van der Waals surface area contributed by atoms with Gasteiger partial charge in [0, 0.05) is 0 Å². The summed E-state index contributed by atoms with van der Waals surface area (Å²) < 4.78 is 9.48. The molecule has 1 spiro atoms. The van der Waals surface area contributed by atoms with E-state index in [1.165, 1.54) is 31.4 Å². The van der Waals surface area contributed by atoms with Gasteiger partial charge in [-0.15, -0.1) is 0 Å². The van der Waals surface area contributed by atoms with Gasteiger partial charge in [0.25, 0.3) is 11.8 Å². The molecule has 2 N–H and O–H groups in total. The van der Waals surface area contributed by atoms with Crippen molar-refractivity contribution in [2.75, 3.05) is 13.7 Å². The Morgan fingerprint density at radius 3 is 2.23 bits per heavy atom. The third kappa shape index (κ3) is 4.27. The van der Waals surface area contributed by atoms with E-state index in [4.69, 9.17) is 4.74 Å². The summed E-state index contributed by atoms with van der Waals surface area (Å²) in [5, 5.41) is 3.33. The monoisotopic (exact) mass is 417 g/mol. The van der Waals surface area contributed by atoms with Gasteiger partial charge in [0.05, 0.1) is 18.2 Å². The van der Waals surface area contributed by atoms with Crippen molar-refractivity contribution in [2.45, 2.75) is 38.1 Å². The van der Waals surface area contributed by atoms with Crippen LogP contribution in [0.1, 0.15) is 53.3 Å². The van der Waals surface area contributed by atoms with Crippen molar-refractivity contribution >= 4 is 29.8 Å². The molecule has 0 aromatic heterocycles. The standard InChI is InChI=1S/C20H23N3O7/c1-12-7-9-20(10-8-12)18(27)23(19(28)21-20)22-15(24)11-30-17(26)14-5-3-13(4-6-14)16(25)29-2/h3-6,12H,7-11H2,1-2H3,(H,21,28)(H,22,24). The van der Waals surface area contributed by atoms with Crippen molar-refractivity contribution < 1.29 is 33.4 Å². The highest BCUT2D eigenvalue weighted by atomic mass is 16.5. The third-order valence-corrected chi connectivity index (χ3v) is 5.40. The van der Waals surface area contributed by atoms with Crippen molar-refractivity contribution in [3.63, 3.8) is 0 Å². The molecule has 3 rings (SSSR count). The number of esters is 2. The maximum absolute atomic E-state index is 12.7. The van der Waals surface area contributed by atoms with Crippen LogP contribution in [0.3, 0.4) is 0 Å². The average molecular weight is 417 g/mol. The molecule has 0 atom stereocenters. The topological polar surface area (TPSA) is 131 Å². The Bertz CT molecular complexity index is 873. The fourth-order valence-electron chi connectivity index (χ4n) is 3.55. The van der Waals surface area contributed by atoms with E-state index in [9.17, 15) is 24.0 Å². The lowest BCUT2D eigenvalue weighted by Gasteiger charge is -2.33. The van der Waals surface area contributed by atoms with E-state index in [1.807, 2.05) is 0 Å². The van der Waals surface area contributed by atoms with E-state index >= 15 is 0 Å². The summed E-state index contributed by atoms with van der Waals surface area (Å²) in [6.45, 7) is 1.41. The lowest BCUT2D eigenvalue weighted by atomic mass is 9.77. The number of hydrogen-bond donors (Lipinski definition) is 2. The van der Waals surface area contributed by atoms with E-state index in [-0.39, 0.29) is 11.1 Å². The summed E-state index contributed by atoms with van der Waals surface area (Å²) in [4.78, 5) is 60.4. The molecule has 160 valence electrons. The van der Waals surface area contributed by atoms with Crippen LogP contribution in [0, 0.1) is 5.92 Å². The van der Waals surface area contributed by atoms with Crippen molar-refractivity contribution in [1.29, 1.82) is 0 Å². The van der Waals surface area contributed by atoms with Gasteiger partial charge < -0.3 is 14.8 Å². The number of amides is 4. The maximum Gasteiger partial charge on any atom is 0.344 e. The van der Waals surface area contributed by atoms with Gasteiger partial charge in [0.15, 0.2) is 6.61 Å². The summed E-state index contributed by atoms with van der Waals surface area (Å²) in [5.41, 5.74) is 1.60. The molecule has 0 radical (unpaired) electrons. The molecule has 0 unspecified atom stereocenters. The van der Waals surface area contributed by atoms with Crippen molar-refractivity contribution in [1.82, 2.24) is 15.8 Å². The normalized spacial score (nSPS) is 23.1. The Morgan fingerprint density at radius 2 is 1.67 bits per heavy atom. The van der Waals surface area contributed by atoms with Gasteiger partial charge in [0.1, 0.15) is 5.54 Å². The molecule has 1 aliphatic carbocycles. The average Bonchev–Trinajstić information content (AvgIpc) is 2.97. The minimum absolute atomic E-state index is 0.126. The van der Waals surface area contributed by atoms with Crippen molar-refractivity contribution in [3.05, 3.63) is 35.4 Å². The Labute approximate surface area is 172 Å². The minimum Gasteiger partial charge on any atom is -0.465 e. The molecule has 0 bridgehead atoms. The van der Waals surface area contributed by atoms with Crippen LogP contribution in [-0.2, 0) is 19.1 Å². The number of imide groups is 1. The lowest BCUT2D eigenvalue weighted by molar-refractivity contribution is -0.141. The minimum atomic E-state index is -0.977. The van der Waals surface area contributed by atoms with Crippen LogP contribution in [0.5, 0.6) is 0 Å². The van der Waals surface area contributed by atoms with Crippen LogP contribution >= 0.6 is 0 Å². The smallest absolute Gasteiger partial charge is 0.344 e. The first kappa shape index (κ1) is 21.3. The maximum atomic E-state index is 12.7. The number of carbonyl (C=O) groups is 5. The third-order valence-electron chi connectivity index (χ3n) is 5.40. The zero-order chi connectivity index (χ0) is 21.9. The summed E-state index contributed by atoms with van der Waals surface area (Å²) in [7, 11) is 1.24. The van der Waals surface area contributed by atoms with Crippen LogP contribution in [0.25, 0.3) is 0 Å². The van der Waals surface area contributed by atoms with E-state index < -0.39 is 41.9 Å². The highest BCUT2D eigenvalue weighted by Crippen LogP contribution is 2.35. The summed E-state index contributed by atoms with van der Waals surface area (Å²) >= 11 is 0. The van der Waals surface area contributed by atoms with E-state index in [1.54, 1.807) is 0 Å². The molecule has 1 saturated heterocycles. The summed E-state index contributed by atoms with van der Waals surface area (Å²) in [6, 6.07) is 4.79. The van der Waals surface area contributed by atoms with Gasteiger partial charge in [0.2, 0.25) is 0 Å². The number of hydrazine groups is 1. The molecular weight excluding hydrogens is 394 g/mol. The molecule has 1 aromatic carbocycles. The molecule has 1 saturated carbocycles. The zero-order valence-electron chi connectivity index (χ0n) is 16.7. The fourth-order valence-corrected chi connectivity index (χ4v) is 3.55. The SMILES string of the molecule is COC(=O)c1ccc(C(=O)OCC(=O)NN2C(=O)NC3(CCC(C)CC3)C2=O)cc1. The predicted octanol–water partition coefficient (Wildman–Crippen LogP) is 1.16. The Kier molecular flexibility index (Phi) is 6.04.